The van der Waals surface area contributed by atoms with Crippen molar-refractivity contribution in [2.45, 2.75) is 131 Å². The minimum atomic E-state index is -0.251. The highest BCUT2D eigenvalue weighted by Crippen LogP contribution is 2.53. The standard InChI is InChI=1S/C104H88B2N4O4/c1-59-47-60(2)96-74(48-59)75-50-62(49-61(3)97(75)110(96)70-57-89-95-90(58-70)113-84-42-38-64(102(7,8)9)52-77(84)105(95)76-51-63(101(4,5)6)37-41-83(76)112-89)45-46-104(13,14)66-40-44-86-79(54-66)106-78-53-65(103(10,11)12)39-43-85(78)111-87-55-69(56-88(114-86)94(87)106)109-82-36-26-23-33-73(82)93-99-91(71-31-21-24-34-80(71)107(99)67-27-17-15-18-28-67)98-92(100(93)109)72-32-22-25-35-81(72)108(98)68-29-19-16-20-30-68/h15-44,47-58H,45-46H2,1-14H3. The molecule has 0 amide bonds. The molecule has 0 fully saturated rings. The summed E-state index contributed by atoms with van der Waals surface area (Å²) in [6.07, 6.45) is 1.79. The van der Waals surface area contributed by atoms with Crippen LogP contribution in [0, 0.1) is 20.8 Å². The van der Waals surface area contributed by atoms with Crippen LogP contribution in [0.3, 0.4) is 0 Å². The third-order valence-electron chi connectivity index (χ3n) is 25.8. The average Bonchev–Trinajstić information content (AvgIpc) is 1.50. The molecule has 14 aromatic carbocycles. The number of hydrogen-bond donors (Lipinski definition) is 0. The molecular weight excluding hydrogens is 1390 g/mol. The van der Waals surface area contributed by atoms with Crippen molar-refractivity contribution in [3.63, 3.8) is 0 Å². The van der Waals surface area contributed by atoms with E-state index in [2.05, 4.69) is 370 Å². The molecule has 4 aromatic heterocycles. The molecule has 0 spiro atoms. The lowest BCUT2D eigenvalue weighted by Crippen LogP contribution is -2.57. The van der Waals surface area contributed by atoms with Crippen molar-refractivity contribution in [1.29, 1.82) is 0 Å². The van der Waals surface area contributed by atoms with E-state index >= 15 is 0 Å². The second-order valence-electron chi connectivity index (χ2n) is 36.7. The summed E-state index contributed by atoms with van der Waals surface area (Å²) in [5.74, 6) is 6.77. The first-order chi connectivity index (χ1) is 54.9. The van der Waals surface area contributed by atoms with Crippen LogP contribution in [-0.4, -0.2) is 31.7 Å². The van der Waals surface area contributed by atoms with Gasteiger partial charge in [0, 0.05) is 89.7 Å². The first-order valence-corrected chi connectivity index (χ1v) is 40.6. The SMILES string of the molecule is Cc1cc(C)c2c(c1)c1cc(CCC(C)(C)c3ccc4c(c3)B3c5cc(C(C)(C)C)ccc5Oc5cc(-n6c7ccccc7c7c8c(c9ccccc9n8-c8ccccc8)c8c(c9ccccc9n8-c8ccccc8)c76)cc(c53)O4)cc(C)c1n2-c1cc2c3c(c1)Oc1ccc(C(C)(C)C)cc1B3c1cc(C(C)(C)C)ccc1O2. The second kappa shape index (κ2) is 24.1. The van der Waals surface area contributed by atoms with Crippen molar-refractivity contribution in [3.8, 4) is 68.7 Å². The van der Waals surface area contributed by atoms with Crippen molar-refractivity contribution in [2.24, 2.45) is 0 Å². The molecule has 0 saturated carbocycles. The Hall–Kier alpha value is -12.4. The second-order valence-corrected chi connectivity index (χ2v) is 36.7. The number of ether oxygens (including phenoxy) is 4. The highest BCUT2D eigenvalue weighted by molar-refractivity contribution is 6.99. The number of para-hydroxylation sites is 5. The smallest absolute Gasteiger partial charge is 0.260 e. The average molecular weight is 1480 g/mol. The van der Waals surface area contributed by atoms with Crippen LogP contribution in [0.4, 0.5) is 0 Å². The Morgan fingerprint density at radius 2 is 0.614 bits per heavy atom. The van der Waals surface area contributed by atoms with E-state index in [1.54, 1.807) is 0 Å². The van der Waals surface area contributed by atoms with Gasteiger partial charge in [0.2, 0.25) is 0 Å². The molecule has 0 atom stereocenters. The summed E-state index contributed by atoms with van der Waals surface area (Å²) in [5, 5.41) is 9.61. The largest absolute Gasteiger partial charge is 0.458 e. The van der Waals surface area contributed by atoms with Gasteiger partial charge < -0.3 is 37.2 Å². The van der Waals surface area contributed by atoms with Gasteiger partial charge >= 0.3 is 0 Å². The molecule has 0 aliphatic carbocycles. The Morgan fingerprint density at radius 1 is 0.281 bits per heavy atom. The fraction of sp³-hybridized carbons (Fsp3) is 0.192. The van der Waals surface area contributed by atoms with Crippen molar-refractivity contribution in [3.05, 3.63) is 299 Å². The summed E-state index contributed by atoms with van der Waals surface area (Å²) in [7, 11) is 0. The van der Waals surface area contributed by atoms with Crippen LogP contribution >= 0.6 is 0 Å². The molecule has 0 bridgehead atoms. The zero-order valence-corrected chi connectivity index (χ0v) is 67.2. The topological polar surface area (TPSA) is 56.6 Å². The van der Waals surface area contributed by atoms with Crippen molar-refractivity contribution in [1.82, 2.24) is 18.3 Å². The van der Waals surface area contributed by atoms with E-state index in [0.29, 0.717) is 0 Å². The zero-order valence-electron chi connectivity index (χ0n) is 67.2. The Kier molecular flexibility index (Phi) is 14.5. The highest BCUT2D eigenvalue weighted by Gasteiger charge is 2.45. The van der Waals surface area contributed by atoms with Gasteiger partial charge in [-0.25, -0.2) is 0 Å². The minimum Gasteiger partial charge on any atom is -0.458 e. The fourth-order valence-corrected chi connectivity index (χ4v) is 20.1. The third kappa shape index (κ3) is 10.0. The molecule has 4 aliphatic heterocycles. The summed E-state index contributed by atoms with van der Waals surface area (Å²) in [4.78, 5) is 0. The number of fused-ring (bicyclic) bond motifs is 23. The Labute approximate surface area is 665 Å². The molecule has 554 valence electrons. The van der Waals surface area contributed by atoms with Crippen LogP contribution in [0.15, 0.2) is 255 Å². The Bertz CT molecular complexity index is 7070. The van der Waals surface area contributed by atoms with Gasteiger partial charge in [0.15, 0.2) is 0 Å². The molecule has 8 heterocycles. The summed E-state index contributed by atoms with van der Waals surface area (Å²) in [6.45, 7) is 32.1. The van der Waals surface area contributed by atoms with Crippen LogP contribution in [0.25, 0.3) is 110 Å². The van der Waals surface area contributed by atoms with Gasteiger partial charge in [-0.2, -0.15) is 0 Å². The van der Waals surface area contributed by atoms with E-state index in [9.17, 15) is 0 Å². The summed E-state index contributed by atoms with van der Waals surface area (Å²) in [5.41, 5.74) is 29.9. The summed E-state index contributed by atoms with van der Waals surface area (Å²) < 4.78 is 39.3. The maximum Gasteiger partial charge on any atom is 0.260 e. The Morgan fingerprint density at radius 3 is 1.01 bits per heavy atom. The molecule has 8 nitrogen and oxygen atoms in total. The number of benzene rings is 14. The van der Waals surface area contributed by atoms with E-state index < -0.39 is 0 Å². The van der Waals surface area contributed by atoms with Crippen molar-refractivity contribution in [2.75, 3.05) is 0 Å². The van der Waals surface area contributed by atoms with Crippen LogP contribution in [0.2, 0.25) is 0 Å². The first-order valence-electron chi connectivity index (χ1n) is 40.6. The first kappa shape index (κ1) is 68.4. The van der Waals surface area contributed by atoms with Crippen LogP contribution < -0.4 is 51.7 Å². The number of hydrogen-bond acceptors (Lipinski definition) is 4. The minimum absolute atomic E-state index is 0.0429. The van der Waals surface area contributed by atoms with E-state index in [4.69, 9.17) is 18.9 Å². The lowest BCUT2D eigenvalue weighted by atomic mass is 9.34. The van der Waals surface area contributed by atoms with Gasteiger partial charge in [0.05, 0.1) is 55.5 Å². The lowest BCUT2D eigenvalue weighted by molar-refractivity contribution is 0.460. The number of nitrogens with zero attached hydrogens (tertiary/aromatic N) is 4. The van der Waals surface area contributed by atoms with Crippen molar-refractivity contribution < 1.29 is 18.9 Å². The van der Waals surface area contributed by atoms with Crippen LogP contribution in [-0.2, 0) is 28.1 Å². The predicted molar refractivity (Wildman–Crippen MR) is 477 cm³/mol. The summed E-state index contributed by atoms with van der Waals surface area (Å²) >= 11 is 0. The van der Waals surface area contributed by atoms with E-state index in [0.717, 1.165) is 142 Å². The zero-order chi connectivity index (χ0) is 77.7. The van der Waals surface area contributed by atoms with E-state index in [1.807, 2.05) is 0 Å². The lowest BCUT2D eigenvalue weighted by Gasteiger charge is -2.35. The molecule has 10 heteroatoms. The fourth-order valence-electron chi connectivity index (χ4n) is 20.1. The molecule has 4 aliphatic rings. The number of rotatable bonds is 8. The maximum atomic E-state index is 7.53. The molecule has 114 heavy (non-hydrogen) atoms. The molecular formula is C104H88B2N4O4. The van der Waals surface area contributed by atoms with Gasteiger partial charge in [0.1, 0.15) is 46.0 Å². The van der Waals surface area contributed by atoms with Gasteiger partial charge in [-0.3, -0.25) is 0 Å². The van der Waals surface area contributed by atoms with E-state index in [1.165, 1.54) is 104 Å². The number of aryl methyl sites for hydroxylation is 4. The maximum absolute atomic E-state index is 7.53. The third-order valence-corrected chi connectivity index (χ3v) is 25.8. The number of aromatic nitrogens is 4. The van der Waals surface area contributed by atoms with Gasteiger partial charge in [0.25, 0.3) is 13.4 Å². The van der Waals surface area contributed by atoms with Crippen LogP contribution in [0.1, 0.15) is 127 Å². The normalized spacial score (nSPS) is 13.7. The highest BCUT2D eigenvalue weighted by atomic mass is 16.5. The molecule has 0 unspecified atom stereocenters. The molecule has 0 radical (unpaired) electrons. The van der Waals surface area contributed by atoms with Gasteiger partial charge in [-0.1, -0.05) is 233 Å². The van der Waals surface area contributed by atoms with Crippen LogP contribution in [0.5, 0.6) is 46.0 Å². The summed E-state index contributed by atoms with van der Waals surface area (Å²) in [6, 6.07) is 95.3. The van der Waals surface area contributed by atoms with Gasteiger partial charge in [-0.15, -0.1) is 0 Å². The Balaban J connectivity index is 0.668. The molecule has 0 saturated heterocycles. The molecule has 18 aromatic rings. The molecule has 22 rings (SSSR count). The van der Waals surface area contributed by atoms with E-state index in [-0.39, 0.29) is 35.1 Å². The quantitative estimate of drug-likeness (QED) is 0.142. The molecule has 0 N–H and O–H groups in total. The predicted octanol–water partition coefficient (Wildman–Crippen LogP) is 23.3. The monoisotopic (exact) mass is 1480 g/mol. The van der Waals surface area contributed by atoms with Crippen molar-refractivity contribution >= 4 is 133 Å². The van der Waals surface area contributed by atoms with Gasteiger partial charge in [-0.05, 0) is 195 Å².